The fourth-order valence-corrected chi connectivity index (χ4v) is 7.18. The van der Waals surface area contributed by atoms with Crippen molar-refractivity contribution in [3.05, 3.63) is 72.8 Å². The van der Waals surface area contributed by atoms with Crippen LogP contribution in [0.1, 0.15) is 0 Å². The van der Waals surface area contributed by atoms with E-state index in [2.05, 4.69) is 110 Å². The molecule has 3 nitrogen and oxygen atoms in total. The Kier molecular flexibility index (Phi) is 6.53. The highest BCUT2D eigenvalue weighted by atomic mass is 16.4. The van der Waals surface area contributed by atoms with Crippen LogP contribution in [0, 0.1) is 0 Å². The Morgan fingerprint density at radius 3 is 1.51 bits per heavy atom. The summed E-state index contributed by atoms with van der Waals surface area (Å²) in [4.78, 5) is 0. The molecule has 6 aromatic carbocycles. The molecule has 11 heteroatoms. The summed E-state index contributed by atoms with van der Waals surface area (Å²) in [5.74, 6) is 0. The van der Waals surface area contributed by atoms with E-state index in [1.54, 1.807) is 6.07 Å². The average Bonchev–Trinajstić information content (AvgIpc) is 3.42. The summed E-state index contributed by atoms with van der Waals surface area (Å²) in [5, 5.41) is 26.9. The lowest BCUT2D eigenvalue weighted by molar-refractivity contribution is 0.426. The molecule has 0 fully saturated rings. The van der Waals surface area contributed by atoms with E-state index in [0.29, 0.717) is 5.46 Å². The molecule has 2 N–H and O–H groups in total. The van der Waals surface area contributed by atoms with Crippen molar-refractivity contribution in [3.8, 4) is 22.3 Å². The van der Waals surface area contributed by atoms with Crippen molar-refractivity contribution in [1.82, 2.24) is 0 Å². The molecule has 0 aliphatic heterocycles. The third-order valence-corrected chi connectivity index (χ3v) is 10.1. The van der Waals surface area contributed by atoms with E-state index in [-0.39, 0.29) is 0 Å². The largest absolute Gasteiger partial charge is 0.488 e. The van der Waals surface area contributed by atoms with Gasteiger partial charge in [0.05, 0.1) is 0 Å². The number of furan rings is 1. The van der Waals surface area contributed by atoms with Crippen LogP contribution >= 0.6 is 0 Å². The van der Waals surface area contributed by atoms with Crippen molar-refractivity contribution in [2.24, 2.45) is 0 Å². The Morgan fingerprint density at radius 1 is 0.465 bits per heavy atom. The average molecular weight is 547 g/mol. The molecule has 0 radical (unpaired) electrons. The quantitative estimate of drug-likeness (QED) is 0.172. The predicted molar refractivity (Wildman–Crippen MR) is 207 cm³/mol. The molecule has 0 amide bonds. The van der Waals surface area contributed by atoms with Crippen molar-refractivity contribution in [2.45, 2.75) is 0 Å². The first-order valence-electron chi connectivity index (χ1n) is 14.9. The Hall–Kier alpha value is -3.92. The van der Waals surface area contributed by atoms with Gasteiger partial charge in [-0.25, -0.2) is 0 Å². The molecule has 1 heterocycles. The zero-order chi connectivity index (χ0) is 30.3. The number of hydrogen-bond acceptors (Lipinski definition) is 3. The van der Waals surface area contributed by atoms with Gasteiger partial charge in [-0.3, -0.25) is 0 Å². The zero-order valence-electron chi connectivity index (χ0n) is 25.8. The van der Waals surface area contributed by atoms with Gasteiger partial charge in [0.25, 0.3) is 0 Å². The van der Waals surface area contributed by atoms with Gasteiger partial charge in [-0.2, -0.15) is 0 Å². The first-order chi connectivity index (χ1) is 20.6. The summed E-state index contributed by atoms with van der Waals surface area (Å²) in [6, 6.07) is 24.8. The van der Waals surface area contributed by atoms with E-state index < -0.39 is 7.12 Å². The highest BCUT2D eigenvalue weighted by molar-refractivity contribution is 6.69. The summed E-state index contributed by atoms with van der Waals surface area (Å²) in [6.45, 7) is 0. The fourth-order valence-electron chi connectivity index (χ4n) is 7.18. The Morgan fingerprint density at radius 2 is 0.953 bits per heavy atom. The molecule has 0 saturated carbocycles. The van der Waals surface area contributed by atoms with Crippen LogP contribution in [-0.2, 0) is 0 Å². The van der Waals surface area contributed by atoms with Crippen molar-refractivity contribution in [1.29, 1.82) is 0 Å². The third kappa shape index (κ3) is 3.95. The molecule has 0 aliphatic rings. The summed E-state index contributed by atoms with van der Waals surface area (Å²) >= 11 is 0. The zero-order valence-corrected chi connectivity index (χ0v) is 25.8. The van der Waals surface area contributed by atoms with Gasteiger partial charge in [0.2, 0.25) is 0 Å². The van der Waals surface area contributed by atoms with Crippen LogP contribution in [-0.4, -0.2) is 72.1 Å². The van der Waals surface area contributed by atoms with Gasteiger partial charge in [0.1, 0.15) is 66.1 Å². The van der Waals surface area contributed by atoms with Gasteiger partial charge in [-0.15, -0.1) is 5.46 Å². The van der Waals surface area contributed by atoms with Gasteiger partial charge in [0.15, 0.2) is 0 Å². The van der Waals surface area contributed by atoms with Crippen LogP contribution in [0.5, 0.6) is 0 Å². The van der Waals surface area contributed by atoms with Crippen LogP contribution in [0.15, 0.2) is 77.2 Å². The lowest BCUT2D eigenvalue weighted by Gasteiger charge is -2.22. The van der Waals surface area contributed by atoms with Crippen molar-refractivity contribution in [2.75, 3.05) is 0 Å². The summed E-state index contributed by atoms with van der Waals surface area (Å²) in [5.41, 5.74) is 15.6. The standard InChI is InChI=1S/C32H28B8O3/c33-24-21(22-23-25(34)26(35)28(37)30(39)32(23)43-31(22)29(38)27(24)36)20-17-10-3-1-8-15(17)19(16-9-2-4-11-18(16)20)13-6-5-7-14(12-13)40(41)42/h1-12,41-42H,33-39H2. The lowest BCUT2D eigenvalue weighted by Crippen LogP contribution is -2.47. The minimum atomic E-state index is -1.53. The Bertz CT molecular complexity index is 2250. The molecule has 0 saturated heterocycles. The SMILES string of the molecule is Bc1c(B)c(B)c2c(oc3c(B)c(B)c(B)c(-c4c5ccccc5c(-c5cccc(B(O)O)c5)c5ccccc45)c32)c1B. The molecule has 0 bridgehead atoms. The summed E-state index contributed by atoms with van der Waals surface area (Å²) in [7, 11) is 13.9. The number of rotatable bonds is 3. The van der Waals surface area contributed by atoms with Crippen LogP contribution in [0.4, 0.5) is 0 Å². The van der Waals surface area contributed by atoms with Crippen LogP contribution in [0.2, 0.25) is 0 Å². The molecule has 198 valence electrons. The molecule has 0 aliphatic carbocycles. The van der Waals surface area contributed by atoms with E-state index in [1.807, 2.05) is 12.1 Å². The minimum Gasteiger partial charge on any atom is -0.457 e. The molecule has 43 heavy (non-hydrogen) atoms. The second-order valence-electron chi connectivity index (χ2n) is 12.1. The Labute approximate surface area is 258 Å². The van der Waals surface area contributed by atoms with Gasteiger partial charge >= 0.3 is 7.12 Å². The van der Waals surface area contributed by atoms with Gasteiger partial charge in [-0.1, -0.05) is 106 Å². The maximum Gasteiger partial charge on any atom is 0.488 e. The molecule has 0 atom stereocenters. The third-order valence-electron chi connectivity index (χ3n) is 10.1. The maximum absolute atomic E-state index is 9.99. The van der Waals surface area contributed by atoms with Crippen LogP contribution in [0.25, 0.3) is 65.7 Å². The smallest absolute Gasteiger partial charge is 0.457 e. The van der Waals surface area contributed by atoms with Crippen molar-refractivity contribution < 1.29 is 14.5 Å². The summed E-state index contributed by atoms with van der Waals surface area (Å²) in [6.07, 6.45) is 0. The summed E-state index contributed by atoms with van der Waals surface area (Å²) < 4.78 is 6.83. The molecule has 1 aromatic heterocycles. The van der Waals surface area contributed by atoms with Crippen molar-refractivity contribution >= 4 is 149 Å². The topological polar surface area (TPSA) is 53.6 Å². The van der Waals surface area contributed by atoms with E-state index in [9.17, 15) is 10.0 Å². The van der Waals surface area contributed by atoms with Gasteiger partial charge in [-0.05, 0) is 49.3 Å². The van der Waals surface area contributed by atoms with Gasteiger partial charge in [0, 0.05) is 10.8 Å². The number of hydrogen-bond donors (Lipinski definition) is 2. The molecule has 7 rings (SSSR count). The Balaban J connectivity index is 1.74. The van der Waals surface area contributed by atoms with E-state index in [1.165, 1.54) is 60.1 Å². The minimum absolute atomic E-state index is 0.475. The monoisotopic (exact) mass is 548 g/mol. The fraction of sp³-hybridized carbons (Fsp3) is 0. The van der Waals surface area contributed by atoms with Crippen molar-refractivity contribution in [3.63, 3.8) is 0 Å². The van der Waals surface area contributed by atoms with Gasteiger partial charge < -0.3 is 14.5 Å². The molecule has 0 unspecified atom stereocenters. The van der Waals surface area contributed by atoms with E-state index in [4.69, 9.17) is 4.42 Å². The lowest BCUT2D eigenvalue weighted by atomic mass is 9.64. The molecular weight excluding hydrogens is 519 g/mol. The first kappa shape index (κ1) is 27.9. The first-order valence-corrected chi connectivity index (χ1v) is 14.9. The van der Waals surface area contributed by atoms with Crippen LogP contribution < -0.4 is 43.7 Å². The molecule has 7 aromatic rings. The molecule has 0 spiro atoms. The second kappa shape index (κ2) is 10.1. The maximum atomic E-state index is 9.99. The molecular formula is C32H28B8O3. The normalized spacial score (nSPS) is 11.7. The van der Waals surface area contributed by atoms with E-state index >= 15 is 0 Å². The van der Waals surface area contributed by atoms with Crippen LogP contribution in [0.3, 0.4) is 0 Å². The second-order valence-corrected chi connectivity index (χ2v) is 12.1. The van der Waals surface area contributed by atoms with E-state index in [0.717, 1.165) is 43.8 Å². The number of fused-ring (bicyclic) bond motifs is 5. The predicted octanol–water partition coefficient (Wildman–Crippen LogP) is -5.28. The highest BCUT2D eigenvalue weighted by Gasteiger charge is 2.26. The highest BCUT2D eigenvalue weighted by Crippen LogP contribution is 2.45. The number of benzene rings is 6.